The molecule has 0 fully saturated rings. The summed E-state index contributed by atoms with van der Waals surface area (Å²) in [7, 11) is 0. The standard InChI is InChI=1S/C11H12NO/c1-11(2)7-10(13)12-9-6-4-3-5-8(9)11/h4-6H,7H2,1-2H3,(H,12,13). The highest BCUT2D eigenvalue weighted by atomic mass is 16.1. The largest absolute Gasteiger partial charge is 0.326 e. The summed E-state index contributed by atoms with van der Waals surface area (Å²) in [6.07, 6.45) is 0.553. The molecule has 0 saturated carbocycles. The summed E-state index contributed by atoms with van der Waals surface area (Å²) in [5.41, 5.74) is 2.05. The maximum absolute atomic E-state index is 11.3. The van der Waals surface area contributed by atoms with Crippen LogP contribution in [0.25, 0.3) is 0 Å². The highest BCUT2D eigenvalue weighted by Crippen LogP contribution is 2.36. The van der Waals surface area contributed by atoms with E-state index >= 15 is 0 Å². The Hall–Kier alpha value is -1.31. The minimum absolute atomic E-state index is 0.0601. The summed E-state index contributed by atoms with van der Waals surface area (Å²) in [5.74, 6) is 0.101. The Labute approximate surface area is 78.0 Å². The third-order valence-corrected chi connectivity index (χ3v) is 2.47. The first-order chi connectivity index (χ1) is 6.09. The van der Waals surface area contributed by atoms with Gasteiger partial charge in [-0.05, 0) is 23.8 Å². The molecule has 0 aromatic heterocycles. The van der Waals surface area contributed by atoms with Crippen LogP contribution < -0.4 is 5.32 Å². The Bertz CT molecular complexity index is 355. The van der Waals surface area contributed by atoms with E-state index in [0.717, 1.165) is 5.69 Å². The molecule has 1 N–H and O–H groups in total. The molecule has 2 heteroatoms. The average molecular weight is 174 g/mol. The lowest BCUT2D eigenvalue weighted by molar-refractivity contribution is -0.117. The molecule has 1 aliphatic heterocycles. The van der Waals surface area contributed by atoms with E-state index < -0.39 is 0 Å². The Kier molecular flexibility index (Phi) is 1.65. The zero-order valence-electron chi connectivity index (χ0n) is 7.85. The van der Waals surface area contributed by atoms with Crippen LogP contribution in [0, 0.1) is 6.07 Å². The van der Waals surface area contributed by atoms with E-state index in [9.17, 15) is 4.79 Å². The maximum Gasteiger partial charge on any atom is 0.225 e. The fourth-order valence-electron chi connectivity index (χ4n) is 1.79. The van der Waals surface area contributed by atoms with Crippen molar-refractivity contribution in [3.8, 4) is 0 Å². The smallest absolute Gasteiger partial charge is 0.225 e. The summed E-state index contributed by atoms with van der Waals surface area (Å²) in [6.45, 7) is 4.16. The van der Waals surface area contributed by atoms with Gasteiger partial charge in [-0.15, -0.1) is 0 Å². The number of fused-ring (bicyclic) bond motifs is 1. The van der Waals surface area contributed by atoms with Gasteiger partial charge in [0.25, 0.3) is 0 Å². The van der Waals surface area contributed by atoms with E-state index in [-0.39, 0.29) is 11.3 Å². The number of amides is 1. The van der Waals surface area contributed by atoms with Gasteiger partial charge in [0.15, 0.2) is 0 Å². The summed E-state index contributed by atoms with van der Waals surface area (Å²) < 4.78 is 0. The predicted molar refractivity (Wildman–Crippen MR) is 51.6 cm³/mol. The van der Waals surface area contributed by atoms with E-state index in [4.69, 9.17) is 0 Å². The normalized spacial score (nSPS) is 19.1. The van der Waals surface area contributed by atoms with Crippen molar-refractivity contribution < 1.29 is 4.79 Å². The molecule has 1 amide bonds. The lowest BCUT2D eigenvalue weighted by Crippen LogP contribution is -2.32. The molecule has 0 bridgehead atoms. The molecule has 0 spiro atoms. The zero-order chi connectivity index (χ0) is 9.47. The van der Waals surface area contributed by atoms with Crippen molar-refractivity contribution >= 4 is 11.6 Å². The summed E-state index contributed by atoms with van der Waals surface area (Å²) >= 11 is 0. The number of benzene rings is 1. The Morgan fingerprint density at radius 2 is 2.31 bits per heavy atom. The number of nitrogens with one attached hydrogen (secondary N) is 1. The zero-order valence-corrected chi connectivity index (χ0v) is 7.85. The molecule has 1 aromatic rings. The van der Waals surface area contributed by atoms with Gasteiger partial charge in [0.1, 0.15) is 0 Å². The monoisotopic (exact) mass is 174 g/mol. The van der Waals surface area contributed by atoms with Gasteiger partial charge in [-0.3, -0.25) is 4.79 Å². The van der Waals surface area contributed by atoms with Crippen molar-refractivity contribution in [1.29, 1.82) is 0 Å². The minimum atomic E-state index is -0.0601. The second-order valence-corrected chi connectivity index (χ2v) is 4.08. The van der Waals surface area contributed by atoms with Crippen LogP contribution >= 0.6 is 0 Å². The Morgan fingerprint density at radius 3 is 3.08 bits per heavy atom. The van der Waals surface area contributed by atoms with Gasteiger partial charge < -0.3 is 5.32 Å². The predicted octanol–water partition coefficient (Wildman–Crippen LogP) is 2.11. The number of hydrogen-bond donors (Lipinski definition) is 1. The van der Waals surface area contributed by atoms with Crippen LogP contribution in [0.2, 0.25) is 0 Å². The van der Waals surface area contributed by atoms with Gasteiger partial charge in [-0.1, -0.05) is 19.9 Å². The topological polar surface area (TPSA) is 29.1 Å². The van der Waals surface area contributed by atoms with Crippen LogP contribution in [0.15, 0.2) is 18.2 Å². The minimum Gasteiger partial charge on any atom is -0.326 e. The van der Waals surface area contributed by atoms with Crippen molar-refractivity contribution in [3.05, 3.63) is 29.8 Å². The first kappa shape index (κ1) is 8.30. The average Bonchev–Trinajstić information content (AvgIpc) is 2.02. The van der Waals surface area contributed by atoms with Gasteiger partial charge in [0.05, 0.1) is 0 Å². The number of rotatable bonds is 0. The van der Waals surface area contributed by atoms with Crippen LogP contribution in [0.4, 0.5) is 5.69 Å². The van der Waals surface area contributed by atoms with E-state index in [0.29, 0.717) is 6.42 Å². The molecule has 2 nitrogen and oxygen atoms in total. The first-order valence-corrected chi connectivity index (χ1v) is 4.40. The molecule has 0 unspecified atom stereocenters. The van der Waals surface area contributed by atoms with Crippen molar-refractivity contribution in [2.75, 3.05) is 5.32 Å². The first-order valence-electron chi connectivity index (χ1n) is 4.40. The number of anilines is 1. The summed E-state index contributed by atoms with van der Waals surface area (Å²) in [6, 6.07) is 8.71. The van der Waals surface area contributed by atoms with Gasteiger partial charge in [0, 0.05) is 17.5 Å². The fourth-order valence-corrected chi connectivity index (χ4v) is 1.79. The van der Waals surface area contributed by atoms with Crippen molar-refractivity contribution in [3.63, 3.8) is 0 Å². The van der Waals surface area contributed by atoms with Crippen LogP contribution in [0.1, 0.15) is 25.8 Å². The molecule has 1 aromatic carbocycles. The molecule has 1 heterocycles. The van der Waals surface area contributed by atoms with Gasteiger partial charge >= 0.3 is 0 Å². The quantitative estimate of drug-likeness (QED) is 0.641. The Morgan fingerprint density at radius 1 is 1.54 bits per heavy atom. The third kappa shape index (κ3) is 1.32. The van der Waals surface area contributed by atoms with Crippen molar-refractivity contribution in [1.82, 2.24) is 0 Å². The van der Waals surface area contributed by atoms with E-state index in [1.807, 2.05) is 18.2 Å². The highest BCUT2D eigenvalue weighted by Gasteiger charge is 2.31. The molecule has 13 heavy (non-hydrogen) atoms. The van der Waals surface area contributed by atoms with E-state index in [2.05, 4.69) is 25.2 Å². The van der Waals surface area contributed by atoms with Gasteiger partial charge in [-0.25, -0.2) is 0 Å². The fraction of sp³-hybridized carbons (Fsp3) is 0.364. The van der Waals surface area contributed by atoms with Gasteiger partial charge in [-0.2, -0.15) is 0 Å². The molecule has 0 aliphatic carbocycles. The van der Waals surface area contributed by atoms with Gasteiger partial charge in [0.2, 0.25) is 5.91 Å². The molecule has 67 valence electrons. The van der Waals surface area contributed by atoms with Crippen molar-refractivity contribution in [2.24, 2.45) is 0 Å². The molecule has 0 atom stereocenters. The molecule has 2 rings (SSSR count). The van der Waals surface area contributed by atoms with Crippen LogP contribution in [0.5, 0.6) is 0 Å². The van der Waals surface area contributed by atoms with E-state index in [1.54, 1.807) is 0 Å². The molecule has 1 aliphatic rings. The molecular formula is C11H12NO. The Balaban J connectivity index is 2.56. The summed E-state index contributed by atoms with van der Waals surface area (Å²) in [4.78, 5) is 11.3. The second-order valence-electron chi connectivity index (χ2n) is 4.08. The van der Waals surface area contributed by atoms with E-state index in [1.165, 1.54) is 5.56 Å². The molecule has 0 saturated heterocycles. The van der Waals surface area contributed by atoms with Crippen LogP contribution in [-0.2, 0) is 10.2 Å². The highest BCUT2D eigenvalue weighted by molar-refractivity contribution is 5.95. The van der Waals surface area contributed by atoms with Crippen molar-refractivity contribution in [2.45, 2.75) is 25.7 Å². The SMILES string of the molecule is CC1(C)CC(=O)Nc2cc[c]cc21. The number of carbonyl (C=O) groups excluding carboxylic acids is 1. The molecule has 1 radical (unpaired) electrons. The number of hydrogen-bond acceptors (Lipinski definition) is 1. The third-order valence-electron chi connectivity index (χ3n) is 2.47. The maximum atomic E-state index is 11.3. The lowest BCUT2D eigenvalue weighted by Gasteiger charge is -2.31. The number of carbonyl (C=O) groups is 1. The van der Waals surface area contributed by atoms with Crippen LogP contribution in [0.3, 0.4) is 0 Å². The summed E-state index contributed by atoms with van der Waals surface area (Å²) in [5, 5.41) is 2.86. The van der Waals surface area contributed by atoms with Crippen LogP contribution in [-0.4, -0.2) is 5.91 Å². The lowest BCUT2D eigenvalue weighted by atomic mass is 9.78. The second kappa shape index (κ2) is 2.59. The molecular weight excluding hydrogens is 162 g/mol.